The Bertz CT molecular complexity index is 886. The molecule has 6 heteroatoms. The molecule has 0 radical (unpaired) electrons. The van der Waals surface area contributed by atoms with E-state index >= 15 is 0 Å². The van der Waals surface area contributed by atoms with Crippen LogP contribution < -0.4 is 4.74 Å². The number of rotatable bonds is 3. The Morgan fingerprint density at radius 2 is 2.09 bits per heavy atom. The molecule has 0 aliphatic carbocycles. The van der Waals surface area contributed by atoms with Gasteiger partial charge in [-0.05, 0) is 32.0 Å². The summed E-state index contributed by atoms with van der Waals surface area (Å²) in [5.74, 6) is 0.559. The summed E-state index contributed by atoms with van der Waals surface area (Å²) >= 11 is 6.00. The molecule has 0 aliphatic rings. The van der Waals surface area contributed by atoms with Crippen molar-refractivity contribution in [3.63, 3.8) is 0 Å². The fraction of sp³-hybridized carbons (Fsp3) is 0.188. The number of carbonyl (C=O) groups excluding carboxylic acids is 1. The first kappa shape index (κ1) is 14.5. The van der Waals surface area contributed by atoms with E-state index in [9.17, 15) is 4.79 Å². The average molecular weight is 316 g/mol. The molecule has 5 nitrogen and oxygen atoms in total. The molecule has 0 atom stereocenters. The fourth-order valence-electron chi connectivity index (χ4n) is 2.39. The molecule has 0 bridgehead atoms. The number of hydrogen-bond acceptors (Lipinski definition) is 4. The lowest BCUT2D eigenvalue weighted by atomic mass is 10.1. The number of pyridine rings is 1. The van der Waals surface area contributed by atoms with Crippen LogP contribution in [0.4, 0.5) is 0 Å². The van der Waals surface area contributed by atoms with Crippen LogP contribution in [0.15, 0.2) is 30.5 Å². The van der Waals surface area contributed by atoms with E-state index in [0.717, 1.165) is 22.3 Å². The highest BCUT2D eigenvalue weighted by atomic mass is 35.5. The molecule has 3 aromatic rings. The van der Waals surface area contributed by atoms with Crippen LogP contribution in [0.2, 0.25) is 5.15 Å². The van der Waals surface area contributed by atoms with Crippen molar-refractivity contribution < 1.29 is 9.53 Å². The molecular formula is C16H14ClN3O2. The van der Waals surface area contributed by atoms with Crippen LogP contribution in [0.5, 0.6) is 5.75 Å². The molecule has 112 valence electrons. The number of benzene rings is 1. The van der Waals surface area contributed by atoms with Gasteiger partial charge in [0.15, 0.2) is 5.78 Å². The van der Waals surface area contributed by atoms with Crippen LogP contribution in [0.1, 0.15) is 23.0 Å². The van der Waals surface area contributed by atoms with Crippen molar-refractivity contribution >= 4 is 28.3 Å². The minimum Gasteiger partial charge on any atom is -0.494 e. The lowest BCUT2D eigenvalue weighted by Gasteiger charge is -2.11. The Hall–Kier alpha value is -2.40. The van der Waals surface area contributed by atoms with E-state index in [1.165, 1.54) is 6.92 Å². The van der Waals surface area contributed by atoms with Gasteiger partial charge in [-0.15, -0.1) is 0 Å². The molecule has 2 heterocycles. The van der Waals surface area contributed by atoms with Gasteiger partial charge in [0.2, 0.25) is 0 Å². The Morgan fingerprint density at radius 1 is 1.32 bits per heavy atom. The van der Waals surface area contributed by atoms with Gasteiger partial charge in [0.25, 0.3) is 0 Å². The van der Waals surface area contributed by atoms with Crippen LogP contribution in [0, 0.1) is 6.92 Å². The minimum atomic E-state index is -0.0152. The summed E-state index contributed by atoms with van der Waals surface area (Å²) < 4.78 is 7.17. The highest BCUT2D eigenvalue weighted by Crippen LogP contribution is 2.29. The number of aromatic nitrogens is 3. The first-order valence-electron chi connectivity index (χ1n) is 6.71. The van der Waals surface area contributed by atoms with E-state index < -0.39 is 0 Å². The summed E-state index contributed by atoms with van der Waals surface area (Å²) in [5.41, 5.74) is 3.02. The van der Waals surface area contributed by atoms with Gasteiger partial charge in [-0.1, -0.05) is 11.6 Å². The van der Waals surface area contributed by atoms with E-state index in [2.05, 4.69) is 10.1 Å². The maximum absolute atomic E-state index is 11.5. The number of ether oxygens (including phenoxy) is 1. The molecule has 3 rings (SSSR count). The summed E-state index contributed by atoms with van der Waals surface area (Å²) in [6, 6.07) is 7.04. The fourth-order valence-corrected chi connectivity index (χ4v) is 2.54. The van der Waals surface area contributed by atoms with Crippen molar-refractivity contribution in [3.8, 4) is 11.4 Å². The lowest BCUT2D eigenvalue weighted by Crippen LogP contribution is -2.02. The summed E-state index contributed by atoms with van der Waals surface area (Å²) in [6.07, 6.45) is 1.70. The first-order chi connectivity index (χ1) is 10.5. The third-order valence-corrected chi connectivity index (χ3v) is 3.74. The molecule has 22 heavy (non-hydrogen) atoms. The van der Waals surface area contributed by atoms with Crippen LogP contribution in [-0.2, 0) is 0 Å². The third-order valence-electron chi connectivity index (χ3n) is 3.53. The molecule has 1 aromatic carbocycles. The molecule has 0 unspecified atom stereocenters. The highest BCUT2D eigenvalue weighted by molar-refractivity contribution is 6.30. The summed E-state index contributed by atoms with van der Waals surface area (Å²) in [6.45, 7) is 3.43. The average Bonchev–Trinajstić information content (AvgIpc) is 2.82. The largest absolute Gasteiger partial charge is 0.494 e. The molecule has 0 saturated heterocycles. The van der Waals surface area contributed by atoms with E-state index in [1.54, 1.807) is 36.2 Å². The number of carbonyl (C=O) groups is 1. The molecule has 0 saturated carbocycles. The molecule has 0 spiro atoms. The number of methoxy groups -OCH3 is 1. The Labute approximate surface area is 132 Å². The zero-order chi connectivity index (χ0) is 15.9. The second kappa shape index (κ2) is 5.42. The van der Waals surface area contributed by atoms with E-state index in [-0.39, 0.29) is 5.78 Å². The van der Waals surface area contributed by atoms with Gasteiger partial charge in [-0.3, -0.25) is 4.79 Å². The van der Waals surface area contributed by atoms with Gasteiger partial charge in [-0.25, -0.2) is 9.67 Å². The number of halogens is 1. The van der Waals surface area contributed by atoms with Gasteiger partial charge in [0.05, 0.1) is 18.3 Å². The zero-order valence-corrected chi connectivity index (χ0v) is 13.2. The second-order valence-corrected chi connectivity index (χ2v) is 5.35. The predicted molar refractivity (Wildman–Crippen MR) is 85.2 cm³/mol. The maximum atomic E-state index is 11.5. The molecule has 0 amide bonds. The third kappa shape index (κ3) is 2.33. The topological polar surface area (TPSA) is 57.0 Å². The van der Waals surface area contributed by atoms with E-state index in [0.29, 0.717) is 16.5 Å². The smallest absolute Gasteiger partial charge is 0.159 e. The van der Waals surface area contributed by atoms with E-state index in [1.807, 2.05) is 13.0 Å². The maximum Gasteiger partial charge on any atom is 0.159 e. The van der Waals surface area contributed by atoms with E-state index in [4.69, 9.17) is 16.3 Å². The Kier molecular flexibility index (Phi) is 3.58. The summed E-state index contributed by atoms with van der Waals surface area (Å²) in [4.78, 5) is 15.6. The summed E-state index contributed by atoms with van der Waals surface area (Å²) in [5, 5.41) is 5.85. The molecule has 0 N–H and O–H groups in total. The normalized spacial score (nSPS) is 10.9. The first-order valence-corrected chi connectivity index (χ1v) is 7.09. The van der Waals surface area contributed by atoms with Gasteiger partial charge in [0, 0.05) is 23.2 Å². The lowest BCUT2D eigenvalue weighted by molar-refractivity contribution is 0.101. The summed E-state index contributed by atoms with van der Waals surface area (Å²) in [7, 11) is 1.57. The highest BCUT2D eigenvalue weighted by Gasteiger charge is 2.15. The monoisotopic (exact) mass is 315 g/mol. The van der Waals surface area contributed by atoms with Crippen molar-refractivity contribution in [3.05, 3.63) is 46.9 Å². The number of fused-ring (bicyclic) bond motifs is 1. The van der Waals surface area contributed by atoms with Crippen LogP contribution >= 0.6 is 11.6 Å². The van der Waals surface area contributed by atoms with Crippen molar-refractivity contribution in [2.45, 2.75) is 13.8 Å². The zero-order valence-electron chi connectivity index (χ0n) is 12.4. The van der Waals surface area contributed by atoms with Gasteiger partial charge >= 0.3 is 0 Å². The number of nitrogens with zero attached hydrogens (tertiary/aromatic N) is 3. The minimum absolute atomic E-state index is 0.0152. The quantitative estimate of drug-likeness (QED) is 0.547. The standard InChI is InChI=1S/C16H14ClN3O2/c1-9-12-8-18-16(17)7-14(12)20(19-9)13-5-4-11(10(2)21)6-15(13)22-3/h4-8H,1-3H3. The molecule has 2 aromatic heterocycles. The number of ketones is 1. The SMILES string of the molecule is COc1cc(C(C)=O)ccc1-n1nc(C)c2cnc(Cl)cc21. The van der Waals surface area contributed by atoms with Gasteiger partial charge < -0.3 is 4.74 Å². The van der Waals surface area contributed by atoms with Gasteiger partial charge in [-0.2, -0.15) is 5.10 Å². The number of hydrogen-bond donors (Lipinski definition) is 0. The molecule has 0 aliphatic heterocycles. The Morgan fingerprint density at radius 3 is 2.77 bits per heavy atom. The van der Waals surface area contributed by atoms with Crippen molar-refractivity contribution in [1.29, 1.82) is 0 Å². The Balaban J connectivity index is 2.27. The van der Waals surface area contributed by atoms with Crippen LogP contribution in [0.3, 0.4) is 0 Å². The predicted octanol–water partition coefficient (Wildman–Crippen LogP) is 3.59. The number of aryl methyl sites for hydroxylation is 1. The van der Waals surface area contributed by atoms with Crippen molar-refractivity contribution in [2.24, 2.45) is 0 Å². The molecular weight excluding hydrogens is 302 g/mol. The number of Topliss-reactive ketones (excluding diaryl/α,β-unsaturated/α-hetero) is 1. The van der Waals surface area contributed by atoms with Gasteiger partial charge in [0.1, 0.15) is 16.6 Å². The van der Waals surface area contributed by atoms with Crippen LogP contribution in [-0.4, -0.2) is 27.7 Å². The molecule has 0 fully saturated rings. The van der Waals surface area contributed by atoms with Crippen molar-refractivity contribution in [1.82, 2.24) is 14.8 Å². The van der Waals surface area contributed by atoms with Crippen LogP contribution in [0.25, 0.3) is 16.6 Å². The second-order valence-electron chi connectivity index (χ2n) is 4.96. The van der Waals surface area contributed by atoms with Crippen molar-refractivity contribution in [2.75, 3.05) is 7.11 Å².